The third-order valence-corrected chi connectivity index (χ3v) is 5.22. The molecule has 5 heteroatoms. The van der Waals surface area contributed by atoms with Gasteiger partial charge in [-0.25, -0.2) is 4.39 Å². The van der Waals surface area contributed by atoms with E-state index in [1.54, 1.807) is 6.07 Å². The second-order valence-corrected chi connectivity index (χ2v) is 7.08. The molecule has 2 heterocycles. The summed E-state index contributed by atoms with van der Waals surface area (Å²) in [6.07, 6.45) is 4.73. The van der Waals surface area contributed by atoms with Gasteiger partial charge in [0.2, 0.25) is 0 Å². The van der Waals surface area contributed by atoms with E-state index in [2.05, 4.69) is 17.1 Å². The second kappa shape index (κ2) is 6.38. The molecule has 0 radical (unpaired) electrons. The van der Waals surface area contributed by atoms with Crippen molar-refractivity contribution in [3.05, 3.63) is 29.1 Å². The highest BCUT2D eigenvalue weighted by Crippen LogP contribution is 2.33. The van der Waals surface area contributed by atoms with Crippen molar-refractivity contribution in [2.45, 2.75) is 57.3 Å². The van der Waals surface area contributed by atoms with Gasteiger partial charge in [0, 0.05) is 30.2 Å². The molecule has 0 amide bonds. The molecule has 2 atom stereocenters. The van der Waals surface area contributed by atoms with Crippen LogP contribution in [0.5, 0.6) is 5.75 Å². The molecule has 4 nitrogen and oxygen atoms in total. The van der Waals surface area contributed by atoms with Crippen LogP contribution in [-0.2, 0) is 17.8 Å². The van der Waals surface area contributed by atoms with Gasteiger partial charge in [0.25, 0.3) is 0 Å². The number of halogens is 1. The SMILES string of the molecule is C[C@@H]1C[C@H](NCCc2cc(F)cc3c2OCOC3)CN1C1CC1. The highest BCUT2D eigenvalue weighted by Gasteiger charge is 2.38. The van der Waals surface area contributed by atoms with Crippen LogP contribution in [0.15, 0.2) is 12.1 Å². The first-order chi connectivity index (χ1) is 11.2. The van der Waals surface area contributed by atoms with E-state index in [4.69, 9.17) is 9.47 Å². The van der Waals surface area contributed by atoms with Crippen LogP contribution in [0.2, 0.25) is 0 Å². The first-order valence-corrected chi connectivity index (χ1v) is 8.71. The smallest absolute Gasteiger partial charge is 0.189 e. The Labute approximate surface area is 136 Å². The fourth-order valence-corrected chi connectivity index (χ4v) is 3.97. The van der Waals surface area contributed by atoms with Crippen LogP contribution in [0.4, 0.5) is 4.39 Å². The van der Waals surface area contributed by atoms with Gasteiger partial charge >= 0.3 is 0 Å². The number of likely N-dealkylation sites (tertiary alicyclic amines) is 1. The van der Waals surface area contributed by atoms with Crippen molar-refractivity contribution < 1.29 is 13.9 Å². The normalized spacial score (nSPS) is 27.7. The summed E-state index contributed by atoms with van der Waals surface area (Å²) in [5.41, 5.74) is 1.77. The minimum atomic E-state index is -0.206. The first kappa shape index (κ1) is 15.4. The maximum absolute atomic E-state index is 13.7. The van der Waals surface area contributed by atoms with Crippen LogP contribution < -0.4 is 10.1 Å². The minimum absolute atomic E-state index is 0.206. The monoisotopic (exact) mass is 320 g/mol. The number of hydrogen-bond acceptors (Lipinski definition) is 4. The summed E-state index contributed by atoms with van der Waals surface area (Å²) < 4.78 is 24.6. The summed E-state index contributed by atoms with van der Waals surface area (Å²) in [5.74, 6) is 0.612. The van der Waals surface area contributed by atoms with Crippen LogP contribution >= 0.6 is 0 Å². The Hall–Kier alpha value is -1.17. The molecule has 4 rings (SSSR count). The van der Waals surface area contributed by atoms with Gasteiger partial charge in [0.1, 0.15) is 11.6 Å². The summed E-state index contributed by atoms with van der Waals surface area (Å²) in [4.78, 5) is 2.64. The van der Waals surface area contributed by atoms with E-state index in [-0.39, 0.29) is 12.6 Å². The number of nitrogens with one attached hydrogen (secondary N) is 1. The number of nitrogens with zero attached hydrogens (tertiary/aromatic N) is 1. The molecular weight excluding hydrogens is 295 g/mol. The molecule has 2 aliphatic heterocycles. The summed E-state index contributed by atoms with van der Waals surface area (Å²) in [7, 11) is 0. The fraction of sp³-hybridized carbons (Fsp3) is 0.667. The van der Waals surface area contributed by atoms with Crippen LogP contribution in [0.1, 0.15) is 37.3 Å². The fourth-order valence-electron chi connectivity index (χ4n) is 3.97. The van der Waals surface area contributed by atoms with E-state index < -0.39 is 0 Å². The topological polar surface area (TPSA) is 33.7 Å². The number of rotatable bonds is 5. The standard InChI is InChI=1S/C18H25FN2O2/c1-12-6-16(9-21(12)17-2-3-17)20-5-4-13-7-15(19)8-14-10-22-11-23-18(13)14/h7-8,12,16-17,20H,2-6,9-11H2,1H3/t12-,16+/m1/s1. The van der Waals surface area contributed by atoms with Crippen molar-refractivity contribution in [1.29, 1.82) is 0 Å². The Morgan fingerprint density at radius 1 is 1.35 bits per heavy atom. The summed E-state index contributed by atoms with van der Waals surface area (Å²) in [5, 5.41) is 3.65. The minimum Gasteiger partial charge on any atom is -0.467 e. The molecule has 126 valence electrons. The average molecular weight is 320 g/mol. The van der Waals surface area contributed by atoms with Crippen LogP contribution in [0.3, 0.4) is 0 Å². The number of ether oxygens (including phenoxy) is 2. The zero-order chi connectivity index (χ0) is 15.8. The highest BCUT2D eigenvalue weighted by molar-refractivity contribution is 5.42. The lowest BCUT2D eigenvalue weighted by atomic mass is 10.0. The predicted octanol–water partition coefficient (Wildman–Crippen LogP) is 2.45. The van der Waals surface area contributed by atoms with Gasteiger partial charge in [-0.05, 0) is 56.8 Å². The largest absolute Gasteiger partial charge is 0.467 e. The third kappa shape index (κ3) is 3.37. The highest BCUT2D eigenvalue weighted by atomic mass is 19.1. The zero-order valence-electron chi connectivity index (χ0n) is 13.7. The van der Waals surface area contributed by atoms with Gasteiger partial charge in [-0.2, -0.15) is 0 Å². The molecular formula is C18H25FN2O2. The van der Waals surface area contributed by atoms with E-state index in [0.29, 0.717) is 18.7 Å². The Bertz CT molecular complexity index is 576. The van der Waals surface area contributed by atoms with Gasteiger partial charge < -0.3 is 14.8 Å². The average Bonchev–Trinajstić information content (AvgIpc) is 3.31. The molecule has 0 aromatic heterocycles. The lowest BCUT2D eigenvalue weighted by Gasteiger charge is -2.21. The van der Waals surface area contributed by atoms with Crippen molar-refractivity contribution in [2.24, 2.45) is 0 Å². The second-order valence-electron chi connectivity index (χ2n) is 7.08. The third-order valence-electron chi connectivity index (χ3n) is 5.22. The Balaban J connectivity index is 1.34. The van der Waals surface area contributed by atoms with Crippen LogP contribution in [0, 0.1) is 5.82 Å². The van der Waals surface area contributed by atoms with E-state index in [1.165, 1.54) is 25.3 Å². The Morgan fingerprint density at radius 3 is 3.04 bits per heavy atom. The maximum Gasteiger partial charge on any atom is 0.189 e. The van der Waals surface area contributed by atoms with Gasteiger partial charge in [0.05, 0.1) is 6.61 Å². The van der Waals surface area contributed by atoms with Crippen LogP contribution in [0.25, 0.3) is 0 Å². The molecule has 1 saturated carbocycles. The van der Waals surface area contributed by atoms with E-state index in [0.717, 1.165) is 42.4 Å². The molecule has 0 spiro atoms. The zero-order valence-corrected chi connectivity index (χ0v) is 13.7. The van der Waals surface area contributed by atoms with Gasteiger partial charge in [-0.3, -0.25) is 4.90 Å². The van der Waals surface area contributed by atoms with E-state index >= 15 is 0 Å². The number of fused-ring (bicyclic) bond motifs is 1. The van der Waals surface area contributed by atoms with Crippen molar-refractivity contribution in [2.75, 3.05) is 19.9 Å². The number of benzene rings is 1. The van der Waals surface area contributed by atoms with Crippen molar-refractivity contribution in [1.82, 2.24) is 10.2 Å². The summed E-state index contributed by atoms with van der Waals surface area (Å²) in [6.45, 7) is 5.03. The summed E-state index contributed by atoms with van der Waals surface area (Å²) in [6, 6.07) is 5.18. The van der Waals surface area contributed by atoms with Gasteiger partial charge in [-0.1, -0.05) is 0 Å². The number of hydrogen-bond donors (Lipinski definition) is 1. The maximum atomic E-state index is 13.7. The summed E-state index contributed by atoms with van der Waals surface area (Å²) >= 11 is 0. The van der Waals surface area contributed by atoms with Gasteiger partial charge in [0.15, 0.2) is 6.79 Å². The molecule has 1 aromatic carbocycles. The van der Waals surface area contributed by atoms with Crippen molar-refractivity contribution in [3.63, 3.8) is 0 Å². The lowest BCUT2D eigenvalue weighted by molar-refractivity contribution is -0.0172. The molecule has 1 N–H and O–H groups in total. The molecule has 1 aliphatic carbocycles. The molecule has 0 bridgehead atoms. The molecule has 3 aliphatic rings. The van der Waals surface area contributed by atoms with Crippen molar-refractivity contribution >= 4 is 0 Å². The lowest BCUT2D eigenvalue weighted by Crippen LogP contribution is -2.35. The molecule has 2 fully saturated rings. The molecule has 23 heavy (non-hydrogen) atoms. The van der Waals surface area contributed by atoms with Crippen LogP contribution in [-0.4, -0.2) is 42.9 Å². The quantitative estimate of drug-likeness (QED) is 0.903. The molecule has 1 saturated heterocycles. The predicted molar refractivity (Wildman–Crippen MR) is 86.0 cm³/mol. The first-order valence-electron chi connectivity index (χ1n) is 8.71. The molecule has 1 aromatic rings. The van der Waals surface area contributed by atoms with Gasteiger partial charge in [-0.15, -0.1) is 0 Å². The Kier molecular flexibility index (Phi) is 4.26. The van der Waals surface area contributed by atoms with Crippen molar-refractivity contribution in [3.8, 4) is 5.75 Å². The van der Waals surface area contributed by atoms with E-state index in [1.807, 2.05) is 0 Å². The Morgan fingerprint density at radius 2 is 2.22 bits per heavy atom. The van der Waals surface area contributed by atoms with E-state index in [9.17, 15) is 4.39 Å². The molecule has 0 unspecified atom stereocenters.